The fourth-order valence-electron chi connectivity index (χ4n) is 3.65. The minimum atomic E-state index is -0.927. The lowest BCUT2D eigenvalue weighted by Gasteiger charge is -2.35. The predicted octanol–water partition coefficient (Wildman–Crippen LogP) is 1.93. The van der Waals surface area contributed by atoms with Gasteiger partial charge in [0.1, 0.15) is 19.0 Å². The number of aliphatic hydroxyl groups is 1. The first-order chi connectivity index (χ1) is 10.3. The molecule has 0 aromatic rings. The van der Waals surface area contributed by atoms with Gasteiger partial charge in [-0.3, -0.25) is 4.84 Å². The van der Waals surface area contributed by atoms with E-state index in [9.17, 15) is 5.11 Å². The van der Waals surface area contributed by atoms with Crippen molar-refractivity contribution >= 4 is 5.71 Å². The molecule has 120 valence electrons. The summed E-state index contributed by atoms with van der Waals surface area (Å²) in [6.45, 7) is 5.53. The smallest absolute Gasteiger partial charge is 0.251 e. The molecule has 3 rings (SSSR count). The monoisotopic (exact) mass is 306 g/mol. The standard InChI is InChI=1S/C17H24NO4/c1-11-9-14-17(10-15(22-14)16(2,3)19)12(18(11)21-5)7-6-8-13(17)20-4/h6-9,13,15,19H,10H2,1-5H3/q+1. The van der Waals surface area contributed by atoms with E-state index in [1.54, 1.807) is 28.1 Å². The Morgan fingerprint density at radius 3 is 2.73 bits per heavy atom. The molecule has 3 atom stereocenters. The summed E-state index contributed by atoms with van der Waals surface area (Å²) in [5.74, 6) is 0.841. The van der Waals surface area contributed by atoms with Gasteiger partial charge in [-0.15, -0.1) is 0 Å². The van der Waals surface area contributed by atoms with E-state index in [4.69, 9.17) is 14.3 Å². The molecule has 0 aromatic carbocycles. The average Bonchev–Trinajstić information content (AvgIpc) is 2.83. The molecule has 2 aliphatic heterocycles. The van der Waals surface area contributed by atoms with Gasteiger partial charge in [-0.2, -0.15) is 0 Å². The van der Waals surface area contributed by atoms with Crippen LogP contribution in [0.2, 0.25) is 0 Å². The van der Waals surface area contributed by atoms with Gasteiger partial charge in [0, 0.05) is 37.3 Å². The van der Waals surface area contributed by atoms with Crippen LogP contribution in [-0.4, -0.2) is 47.6 Å². The molecule has 3 aliphatic rings. The van der Waals surface area contributed by atoms with Crippen molar-refractivity contribution in [2.45, 2.75) is 45.0 Å². The highest BCUT2D eigenvalue weighted by molar-refractivity contribution is 5.90. The van der Waals surface area contributed by atoms with Gasteiger partial charge < -0.3 is 14.6 Å². The second-order valence-corrected chi connectivity index (χ2v) is 6.66. The van der Waals surface area contributed by atoms with Crippen molar-refractivity contribution in [3.63, 3.8) is 0 Å². The summed E-state index contributed by atoms with van der Waals surface area (Å²) in [6.07, 6.45) is 8.22. The van der Waals surface area contributed by atoms with E-state index >= 15 is 0 Å². The van der Waals surface area contributed by atoms with Crippen LogP contribution in [0.15, 0.2) is 35.8 Å². The molecule has 22 heavy (non-hydrogen) atoms. The second kappa shape index (κ2) is 4.96. The molecule has 1 saturated heterocycles. The third-order valence-corrected chi connectivity index (χ3v) is 4.80. The highest BCUT2D eigenvalue weighted by atomic mass is 16.7. The molecule has 1 N–H and O–H groups in total. The summed E-state index contributed by atoms with van der Waals surface area (Å²) in [7, 11) is 3.35. The Labute approximate surface area is 131 Å². The Kier molecular flexibility index (Phi) is 3.45. The van der Waals surface area contributed by atoms with Crippen LogP contribution in [0, 0.1) is 5.41 Å². The maximum absolute atomic E-state index is 10.4. The number of ether oxygens (including phenoxy) is 2. The molecule has 1 aliphatic carbocycles. The van der Waals surface area contributed by atoms with Gasteiger partial charge in [-0.25, -0.2) is 0 Å². The molecule has 1 spiro atoms. The first kappa shape index (κ1) is 15.3. The van der Waals surface area contributed by atoms with Gasteiger partial charge in [0.2, 0.25) is 5.71 Å². The van der Waals surface area contributed by atoms with Gasteiger partial charge in [-0.1, -0.05) is 12.2 Å². The summed E-state index contributed by atoms with van der Waals surface area (Å²) < 4.78 is 13.7. The summed E-state index contributed by atoms with van der Waals surface area (Å²) in [5, 5.41) is 10.4. The van der Waals surface area contributed by atoms with E-state index in [0.29, 0.717) is 6.42 Å². The van der Waals surface area contributed by atoms with E-state index < -0.39 is 11.0 Å². The molecule has 0 radical (unpaired) electrons. The topological polar surface area (TPSA) is 50.9 Å². The van der Waals surface area contributed by atoms with Crippen LogP contribution in [0.3, 0.4) is 0 Å². The number of nitrogens with zero attached hydrogens (tertiary/aromatic N) is 1. The molecular formula is C17H24NO4+. The normalized spacial score (nSPS) is 33.7. The van der Waals surface area contributed by atoms with Crippen LogP contribution in [0.25, 0.3) is 0 Å². The van der Waals surface area contributed by atoms with E-state index in [2.05, 4.69) is 0 Å². The Balaban J connectivity index is 2.16. The second-order valence-electron chi connectivity index (χ2n) is 6.66. The van der Waals surface area contributed by atoms with Crippen molar-refractivity contribution in [3.05, 3.63) is 35.8 Å². The molecule has 2 heterocycles. The third-order valence-electron chi connectivity index (χ3n) is 4.80. The molecule has 0 saturated carbocycles. The largest absolute Gasteiger partial charge is 0.490 e. The van der Waals surface area contributed by atoms with Crippen molar-refractivity contribution in [3.8, 4) is 0 Å². The zero-order chi connectivity index (χ0) is 16.1. The van der Waals surface area contributed by atoms with Gasteiger partial charge >= 0.3 is 0 Å². The molecular weight excluding hydrogens is 282 g/mol. The Morgan fingerprint density at radius 2 is 2.14 bits per heavy atom. The highest BCUT2D eigenvalue weighted by Crippen LogP contribution is 2.55. The molecule has 5 nitrogen and oxygen atoms in total. The molecule has 0 aromatic heterocycles. The number of hydroxylamine groups is 1. The van der Waals surface area contributed by atoms with Gasteiger partial charge in [0.15, 0.2) is 5.41 Å². The lowest BCUT2D eigenvalue weighted by Crippen LogP contribution is -2.46. The quantitative estimate of drug-likeness (QED) is 0.810. The number of allylic oxidation sites excluding steroid dienone is 3. The number of methoxy groups -OCH3 is 1. The fourth-order valence-corrected chi connectivity index (χ4v) is 3.65. The average molecular weight is 306 g/mol. The minimum absolute atomic E-state index is 0.156. The number of hydrogen-bond acceptors (Lipinski definition) is 4. The van der Waals surface area contributed by atoms with Crippen LogP contribution < -0.4 is 0 Å². The maximum atomic E-state index is 10.4. The van der Waals surface area contributed by atoms with Crippen LogP contribution >= 0.6 is 0 Å². The predicted molar refractivity (Wildman–Crippen MR) is 82.3 cm³/mol. The summed E-state index contributed by atoms with van der Waals surface area (Å²) >= 11 is 0. The van der Waals surface area contributed by atoms with Crippen molar-refractivity contribution < 1.29 is 24.2 Å². The van der Waals surface area contributed by atoms with Crippen LogP contribution in [0.5, 0.6) is 0 Å². The molecule has 0 bridgehead atoms. The Hall–Kier alpha value is -1.59. The van der Waals surface area contributed by atoms with E-state index in [1.165, 1.54) is 0 Å². The molecule has 3 unspecified atom stereocenters. The SMILES string of the molecule is COC1C=CC=C2[N+](OC)=C(C)C=C3OC(C(C)(C)O)CC321. The number of hydrogen-bond donors (Lipinski definition) is 1. The Morgan fingerprint density at radius 1 is 1.41 bits per heavy atom. The van der Waals surface area contributed by atoms with Crippen LogP contribution in [0.1, 0.15) is 27.2 Å². The van der Waals surface area contributed by atoms with Crippen molar-refractivity contribution in [2.24, 2.45) is 5.41 Å². The van der Waals surface area contributed by atoms with Gasteiger partial charge in [0.05, 0.1) is 11.7 Å². The summed E-state index contributed by atoms with van der Waals surface area (Å²) in [5.41, 5.74) is 0.555. The maximum Gasteiger partial charge on any atom is 0.251 e. The minimum Gasteiger partial charge on any atom is -0.490 e. The lowest BCUT2D eigenvalue weighted by molar-refractivity contribution is -0.752. The van der Waals surface area contributed by atoms with Crippen molar-refractivity contribution in [1.82, 2.24) is 0 Å². The molecule has 5 heteroatoms. The lowest BCUT2D eigenvalue weighted by atomic mass is 9.69. The zero-order valence-electron chi connectivity index (χ0n) is 13.8. The Bertz CT molecular complexity index is 609. The first-order valence-electron chi connectivity index (χ1n) is 7.55. The first-order valence-corrected chi connectivity index (χ1v) is 7.55. The van der Waals surface area contributed by atoms with Gasteiger partial charge in [-0.05, 0) is 13.8 Å². The van der Waals surface area contributed by atoms with Crippen molar-refractivity contribution in [1.29, 1.82) is 0 Å². The highest BCUT2D eigenvalue weighted by Gasteiger charge is 2.63. The van der Waals surface area contributed by atoms with E-state index in [1.807, 2.05) is 36.0 Å². The molecule has 1 fully saturated rings. The van der Waals surface area contributed by atoms with E-state index in [-0.39, 0.29) is 12.2 Å². The number of rotatable bonds is 3. The van der Waals surface area contributed by atoms with Crippen LogP contribution in [-0.2, 0) is 14.3 Å². The van der Waals surface area contributed by atoms with Crippen molar-refractivity contribution in [2.75, 3.05) is 14.2 Å². The van der Waals surface area contributed by atoms with E-state index in [0.717, 1.165) is 17.2 Å². The molecule has 0 amide bonds. The van der Waals surface area contributed by atoms with Gasteiger partial charge in [0.25, 0.3) is 5.70 Å². The summed E-state index contributed by atoms with van der Waals surface area (Å²) in [4.78, 5) is 5.57. The third kappa shape index (κ3) is 1.96. The summed E-state index contributed by atoms with van der Waals surface area (Å²) in [6, 6.07) is 0. The zero-order valence-corrected chi connectivity index (χ0v) is 13.8. The fraction of sp³-hybridized carbons (Fsp3) is 0.588. The van der Waals surface area contributed by atoms with Crippen LogP contribution in [0.4, 0.5) is 0 Å².